The van der Waals surface area contributed by atoms with E-state index in [-0.39, 0.29) is 12.3 Å². The van der Waals surface area contributed by atoms with Gasteiger partial charge >= 0.3 is 0 Å². The van der Waals surface area contributed by atoms with Crippen molar-refractivity contribution in [1.29, 1.82) is 0 Å². The summed E-state index contributed by atoms with van der Waals surface area (Å²) >= 11 is 1.88. The van der Waals surface area contributed by atoms with E-state index >= 15 is 0 Å². The van der Waals surface area contributed by atoms with Crippen molar-refractivity contribution >= 4 is 23.6 Å². The maximum atomic E-state index is 11.5. The summed E-state index contributed by atoms with van der Waals surface area (Å²) in [7, 11) is 0. The van der Waals surface area contributed by atoms with Crippen molar-refractivity contribution < 1.29 is 9.59 Å². The lowest BCUT2D eigenvalue weighted by atomic mass is 10.1. The molecular formula is C10H19N3O2S. The van der Waals surface area contributed by atoms with Crippen LogP contribution in [0.5, 0.6) is 0 Å². The summed E-state index contributed by atoms with van der Waals surface area (Å²) < 4.78 is 0. The molecule has 1 aliphatic heterocycles. The third kappa shape index (κ3) is 4.85. The second-order valence-electron chi connectivity index (χ2n) is 4.01. The Hall–Kier alpha value is -0.750. The van der Waals surface area contributed by atoms with Crippen molar-refractivity contribution in [1.82, 2.24) is 5.32 Å². The average molecular weight is 245 g/mol. The number of rotatable bonds is 5. The van der Waals surface area contributed by atoms with Crippen LogP contribution in [0.2, 0.25) is 0 Å². The molecule has 0 aromatic heterocycles. The quantitative estimate of drug-likeness (QED) is 0.613. The maximum absolute atomic E-state index is 11.5. The van der Waals surface area contributed by atoms with E-state index in [1.807, 2.05) is 11.8 Å². The first-order valence-electron chi connectivity index (χ1n) is 5.53. The van der Waals surface area contributed by atoms with E-state index in [9.17, 15) is 9.59 Å². The van der Waals surface area contributed by atoms with Crippen LogP contribution in [0, 0.1) is 0 Å². The molecule has 0 spiro atoms. The molecule has 2 atom stereocenters. The molecule has 2 amide bonds. The highest BCUT2D eigenvalue weighted by molar-refractivity contribution is 7.99. The van der Waals surface area contributed by atoms with Gasteiger partial charge in [0.1, 0.15) is 0 Å². The van der Waals surface area contributed by atoms with Crippen LogP contribution in [0.3, 0.4) is 0 Å². The fourth-order valence-electron chi connectivity index (χ4n) is 1.62. The van der Waals surface area contributed by atoms with Crippen molar-refractivity contribution in [3.63, 3.8) is 0 Å². The van der Waals surface area contributed by atoms with Crippen molar-refractivity contribution in [2.24, 2.45) is 11.5 Å². The van der Waals surface area contributed by atoms with Gasteiger partial charge < -0.3 is 16.8 Å². The summed E-state index contributed by atoms with van der Waals surface area (Å²) in [6, 6.07) is -0.814. The van der Waals surface area contributed by atoms with Gasteiger partial charge in [0.25, 0.3) is 0 Å². The van der Waals surface area contributed by atoms with Crippen molar-refractivity contribution in [2.45, 2.75) is 37.0 Å². The summed E-state index contributed by atoms with van der Waals surface area (Å²) in [5, 5.41) is 3.25. The number of carbonyl (C=O) groups excluding carboxylic acids is 2. The van der Waals surface area contributed by atoms with E-state index in [1.165, 1.54) is 12.8 Å². The smallest absolute Gasteiger partial charge is 0.237 e. The minimum Gasteiger partial charge on any atom is -0.370 e. The number of carbonyl (C=O) groups is 2. The molecule has 0 bridgehead atoms. The molecule has 0 radical (unpaired) electrons. The van der Waals surface area contributed by atoms with Crippen LogP contribution in [0.4, 0.5) is 0 Å². The second kappa shape index (κ2) is 6.75. The monoisotopic (exact) mass is 245 g/mol. The van der Waals surface area contributed by atoms with Crippen LogP contribution in [0.1, 0.15) is 25.7 Å². The Bertz CT molecular complexity index is 254. The zero-order valence-corrected chi connectivity index (χ0v) is 10.1. The van der Waals surface area contributed by atoms with Gasteiger partial charge in [-0.05, 0) is 18.6 Å². The molecular weight excluding hydrogens is 226 g/mol. The summed E-state index contributed by atoms with van der Waals surface area (Å²) in [6.07, 6.45) is 3.52. The molecule has 5 N–H and O–H groups in total. The van der Waals surface area contributed by atoms with E-state index in [2.05, 4.69) is 5.32 Å². The third-order valence-electron chi connectivity index (χ3n) is 2.54. The topological polar surface area (TPSA) is 98.2 Å². The molecule has 0 saturated carbocycles. The number of nitrogens with one attached hydrogen (secondary N) is 1. The molecule has 5 nitrogen and oxygen atoms in total. The minimum atomic E-state index is -0.814. The fraction of sp³-hybridized carbons (Fsp3) is 0.800. The van der Waals surface area contributed by atoms with E-state index in [0.717, 1.165) is 12.2 Å². The highest BCUT2D eigenvalue weighted by Crippen LogP contribution is 2.24. The molecule has 0 aromatic carbocycles. The summed E-state index contributed by atoms with van der Waals surface area (Å²) in [5.74, 6) is 0.327. The van der Waals surface area contributed by atoms with Gasteiger partial charge in [0.2, 0.25) is 11.8 Å². The van der Waals surface area contributed by atoms with Crippen LogP contribution < -0.4 is 16.8 Å². The number of hydrogen-bond donors (Lipinski definition) is 3. The number of nitrogens with two attached hydrogens (primary N) is 2. The van der Waals surface area contributed by atoms with Crippen LogP contribution >= 0.6 is 11.8 Å². The van der Waals surface area contributed by atoms with Crippen LogP contribution in [-0.2, 0) is 9.59 Å². The predicted octanol–water partition coefficient (Wildman–Crippen LogP) is -0.409. The molecule has 1 saturated heterocycles. The van der Waals surface area contributed by atoms with Crippen LogP contribution in [0.15, 0.2) is 0 Å². The highest BCUT2D eigenvalue weighted by Gasteiger charge is 2.18. The Kier molecular flexibility index (Phi) is 5.62. The molecule has 2 unspecified atom stereocenters. The van der Waals surface area contributed by atoms with Crippen molar-refractivity contribution in [2.75, 3.05) is 12.3 Å². The molecule has 0 aromatic rings. The zero-order chi connectivity index (χ0) is 12.0. The van der Waals surface area contributed by atoms with Crippen LogP contribution in [0.25, 0.3) is 0 Å². The molecule has 0 aliphatic carbocycles. The van der Waals surface area contributed by atoms with Gasteiger partial charge in [0.15, 0.2) is 0 Å². The Morgan fingerprint density at radius 2 is 2.19 bits per heavy atom. The molecule has 1 heterocycles. The Morgan fingerprint density at radius 1 is 1.44 bits per heavy atom. The minimum absolute atomic E-state index is 0.0936. The SMILES string of the molecule is NC(=O)CC(N)C(=O)NCC1CCCCS1. The lowest BCUT2D eigenvalue weighted by Gasteiger charge is -2.22. The molecule has 92 valence electrons. The third-order valence-corrected chi connectivity index (χ3v) is 3.93. The Morgan fingerprint density at radius 3 is 2.75 bits per heavy atom. The molecule has 16 heavy (non-hydrogen) atoms. The predicted molar refractivity (Wildman–Crippen MR) is 64.9 cm³/mol. The van der Waals surface area contributed by atoms with Gasteiger partial charge in [0, 0.05) is 11.8 Å². The van der Waals surface area contributed by atoms with E-state index in [0.29, 0.717) is 11.8 Å². The largest absolute Gasteiger partial charge is 0.370 e. The first-order valence-corrected chi connectivity index (χ1v) is 6.57. The van der Waals surface area contributed by atoms with Gasteiger partial charge in [-0.15, -0.1) is 0 Å². The lowest BCUT2D eigenvalue weighted by molar-refractivity contribution is -0.126. The standard InChI is InChI=1S/C10H19N3O2S/c11-8(5-9(12)14)10(15)13-6-7-3-1-2-4-16-7/h7-8H,1-6,11H2,(H2,12,14)(H,13,15). The number of amides is 2. The van der Waals surface area contributed by atoms with E-state index in [4.69, 9.17) is 11.5 Å². The Balaban J connectivity index is 2.20. The van der Waals surface area contributed by atoms with E-state index < -0.39 is 11.9 Å². The zero-order valence-electron chi connectivity index (χ0n) is 9.28. The maximum Gasteiger partial charge on any atom is 0.237 e. The van der Waals surface area contributed by atoms with E-state index in [1.54, 1.807) is 0 Å². The molecule has 1 fully saturated rings. The molecule has 1 rings (SSSR count). The first-order chi connectivity index (χ1) is 7.59. The summed E-state index contributed by atoms with van der Waals surface area (Å²) in [4.78, 5) is 22.0. The average Bonchev–Trinajstić information content (AvgIpc) is 2.26. The van der Waals surface area contributed by atoms with Crippen molar-refractivity contribution in [3.8, 4) is 0 Å². The normalized spacial score (nSPS) is 22.4. The number of thioether (sulfide) groups is 1. The summed E-state index contributed by atoms with van der Waals surface area (Å²) in [6.45, 7) is 0.635. The molecule has 6 heteroatoms. The number of hydrogen-bond acceptors (Lipinski definition) is 4. The van der Waals surface area contributed by atoms with Crippen LogP contribution in [-0.4, -0.2) is 35.4 Å². The van der Waals surface area contributed by atoms with Gasteiger partial charge in [-0.3, -0.25) is 9.59 Å². The van der Waals surface area contributed by atoms with Gasteiger partial charge in [-0.1, -0.05) is 6.42 Å². The first kappa shape index (κ1) is 13.3. The highest BCUT2D eigenvalue weighted by atomic mass is 32.2. The number of primary amides is 1. The molecule has 1 aliphatic rings. The van der Waals surface area contributed by atoms with Gasteiger partial charge in [-0.25, -0.2) is 0 Å². The summed E-state index contributed by atoms with van der Waals surface area (Å²) in [5.41, 5.74) is 10.5. The van der Waals surface area contributed by atoms with Crippen molar-refractivity contribution in [3.05, 3.63) is 0 Å². The lowest BCUT2D eigenvalue weighted by Crippen LogP contribution is -2.45. The fourth-order valence-corrected chi connectivity index (χ4v) is 2.86. The van der Waals surface area contributed by atoms with Gasteiger partial charge in [0.05, 0.1) is 12.5 Å². The Labute approximate surface area is 99.7 Å². The second-order valence-corrected chi connectivity index (χ2v) is 5.42. The van der Waals surface area contributed by atoms with Gasteiger partial charge in [-0.2, -0.15) is 11.8 Å².